The Balaban J connectivity index is 2.61. The Morgan fingerprint density at radius 3 is 2.47 bits per heavy atom. The maximum absolute atomic E-state index is 5.50. The van der Waals surface area contributed by atoms with Crippen molar-refractivity contribution in [3.05, 3.63) is 12.0 Å². The van der Waals surface area contributed by atoms with Gasteiger partial charge >= 0.3 is 0 Å². The molecule has 1 aromatic rings. The second-order valence-corrected chi connectivity index (χ2v) is 5.25. The van der Waals surface area contributed by atoms with Crippen LogP contribution in [0.5, 0.6) is 0 Å². The van der Waals surface area contributed by atoms with E-state index in [1.165, 1.54) is 0 Å². The molecule has 0 aliphatic carbocycles. The van der Waals surface area contributed by atoms with Crippen LogP contribution in [0, 0.1) is 5.92 Å². The van der Waals surface area contributed by atoms with Gasteiger partial charge in [-0.25, -0.2) is 0 Å². The number of hydrogen-bond donors (Lipinski definition) is 1. The molecular weight excluding hydrogens is 214 g/mol. The number of anilines is 1. The van der Waals surface area contributed by atoms with Crippen molar-refractivity contribution in [2.45, 2.75) is 53.2 Å². The highest BCUT2D eigenvalue weighted by atomic mass is 16.4. The molecule has 0 aliphatic heterocycles. The Bertz CT molecular complexity index is 333. The molecule has 0 aliphatic rings. The van der Waals surface area contributed by atoms with Gasteiger partial charge in [0.1, 0.15) is 6.26 Å². The smallest absolute Gasteiger partial charge is 0.297 e. The van der Waals surface area contributed by atoms with Crippen LogP contribution in [0.4, 0.5) is 6.01 Å². The summed E-state index contributed by atoms with van der Waals surface area (Å²) in [4.78, 5) is 6.57. The first-order chi connectivity index (χ1) is 7.91. The molecule has 0 saturated heterocycles. The quantitative estimate of drug-likeness (QED) is 0.828. The van der Waals surface area contributed by atoms with Crippen molar-refractivity contribution in [3.8, 4) is 0 Å². The van der Waals surface area contributed by atoms with E-state index >= 15 is 0 Å². The molecule has 0 bridgehead atoms. The first kappa shape index (κ1) is 14.0. The monoisotopic (exact) mass is 239 g/mol. The summed E-state index contributed by atoms with van der Waals surface area (Å²) in [6.07, 6.45) is 1.73. The van der Waals surface area contributed by atoms with Crippen molar-refractivity contribution >= 4 is 6.01 Å². The minimum Gasteiger partial charge on any atom is -0.432 e. The second kappa shape index (κ2) is 6.05. The second-order valence-electron chi connectivity index (χ2n) is 5.25. The fourth-order valence-corrected chi connectivity index (χ4v) is 1.47. The number of nitrogens with one attached hydrogen (secondary N) is 1. The van der Waals surface area contributed by atoms with Gasteiger partial charge in [-0.15, -0.1) is 0 Å². The topological polar surface area (TPSA) is 41.3 Å². The van der Waals surface area contributed by atoms with E-state index in [0.717, 1.165) is 12.2 Å². The lowest BCUT2D eigenvalue weighted by molar-refractivity contribution is 0.457. The molecule has 0 radical (unpaired) electrons. The van der Waals surface area contributed by atoms with Gasteiger partial charge in [0.15, 0.2) is 0 Å². The van der Waals surface area contributed by atoms with E-state index in [1.807, 2.05) is 7.05 Å². The lowest BCUT2D eigenvalue weighted by Gasteiger charge is -2.26. The standard InChI is InChI=1S/C13H25N3O/c1-9(2)11(5)16(6)13-15-12(8-17-13)7-14-10(3)4/h8-11,14H,7H2,1-6H3. The molecule has 1 rings (SSSR count). The van der Waals surface area contributed by atoms with E-state index in [-0.39, 0.29) is 0 Å². The van der Waals surface area contributed by atoms with E-state index in [1.54, 1.807) is 6.26 Å². The molecule has 17 heavy (non-hydrogen) atoms. The summed E-state index contributed by atoms with van der Waals surface area (Å²) in [5, 5.41) is 3.32. The first-order valence-corrected chi connectivity index (χ1v) is 6.32. The predicted octanol–water partition coefficient (Wildman–Crippen LogP) is 2.65. The molecule has 1 N–H and O–H groups in total. The van der Waals surface area contributed by atoms with E-state index in [4.69, 9.17) is 4.42 Å². The summed E-state index contributed by atoms with van der Waals surface area (Å²) >= 11 is 0. The molecule has 1 aromatic heterocycles. The highest BCUT2D eigenvalue weighted by Crippen LogP contribution is 2.18. The minimum atomic E-state index is 0.416. The zero-order valence-corrected chi connectivity index (χ0v) is 11.8. The van der Waals surface area contributed by atoms with E-state index in [9.17, 15) is 0 Å². The SMILES string of the molecule is CC(C)NCc1coc(N(C)C(C)C(C)C)n1. The summed E-state index contributed by atoms with van der Waals surface area (Å²) in [7, 11) is 2.02. The van der Waals surface area contributed by atoms with Crippen molar-refractivity contribution in [3.63, 3.8) is 0 Å². The summed E-state index contributed by atoms with van der Waals surface area (Å²) in [6, 6.07) is 1.58. The molecule has 0 amide bonds. The Morgan fingerprint density at radius 2 is 1.94 bits per heavy atom. The van der Waals surface area contributed by atoms with Gasteiger partial charge in [-0.05, 0) is 12.8 Å². The first-order valence-electron chi connectivity index (χ1n) is 6.32. The fourth-order valence-electron chi connectivity index (χ4n) is 1.47. The zero-order valence-electron chi connectivity index (χ0n) is 11.8. The molecule has 1 heterocycles. The van der Waals surface area contributed by atoms with Crippen LogP contribution in [-0.2, 0) is 6.54 Å². The van der Waals surface area contributed by atoms with Crippen LogP contribution < -0.4 is 10.2 Å². The van der Waals surface area contributed by atoms with Crippen LogP contribution in [0.15, 0.2) is 10.7 Å². The summed E-state index contributed by atoms with van der Waals surface area (Å²) in [5.41, 5.74) is 0.955. The molecule has 0 aromatic carbocycles. The van der Waals surface area contributed by atoms with E-state index < -0.39 is 0 Å². The highest BCUT2D eigenvalue weighted by Gasteiger charge is 2.17. The van der Waals surface area contributed by atoms with E-state index in [0.29, 0.717) is 24.0 Å². The van der Waals surface area contributed by atoms with Gasteiger partial charge in [0.05, 0.1) is 5.69 Å². The molecule has 0 spiro atoms. The number of hydrogen-bond acceptors (Lipinski definition) is 4. The van der Waals surface area contributed by atoms with Crippen LogP contribution in [0.1, 0.15) is 40.3 Å². The number of oxazole rings is 1. The lowest BCUT2D eigenvalue weighted by Crippen LogP contribution is -2.33. The average Bonchev–Trinajstić information content (AvgIpc) is 2.72. The predicted molar refractivity (Wildman–Crippen MR) is 71.2 cm³/mol. The van der Waals surface area contributed by atoms with Gasteiger partial charge in [-0.3, -0.25) is 0 Å². The zero-order chi connectivity index (χ0) is 13.0. The van der Waals surface area contributed by atoms with Crippen molar-refractivity contribution in [2.75, 3.05) is 11.9 Å². The van der Waals surface area contributed by atoms with Gasteiger partial charge in [0.2, 0.25) is 0 Å². The maximum atomic E-state index is 5.50. The Hall–Kier alpha value is -1.03. The van der Waals surface area contributed by atoms with Gasteiger partial charge in [-0.2, -0.15) is 4.98 Å². The molecule has 4 nitrogen and oxygen atoms in total. The van der Waals surface area contributed by atoms with Gasteiger partial charge < -0.3 is 14.6 Å². The Morgan fingerprint density at radius 1 is 1.29 bits per heavy atom. The van der Waals surface area contributed by atoms with Crippen molar-refractivity contribution in [1.29, 1.82) is 0 Å². The molecule has 4 heteroatoms. The molecule has 98 valence electrons. The maximum Gasteiger partial charge on any atom is 0.297 e. The third kappa shape index (κ3) is 4.04. The third-order valence-corrected chi connectivity index (χ3v) is 3.11. The summed E-state index contributed by atoms with van der Waals surface area (Å²) in [6.45, 7) is 11.6. The largest absolute Gasteiger partial charge is 0.432 e. The Kier molecular flexibility index (Phi) is 5.00. The van der Waals surface area contributed by atoms with E-state index in [2.05, 4.69) is 49.8 Å². The van der Waals surface area contributed by atoms with Crippen molar-refractivity contribution in [1.82, 2.24) is 10.3 Å². The molecule has 0 saturated carbocycles. The molecular formula is C13H25N3O. The fraction of sp³-hybridized carbons (Fsp3) is 0.769. The van der Waals surface area contributed by atoms with Gasteiger partial charge in [0.25, 0.3) is 6.01 Å². The van der Waals surface area contributed by atoms with Gasteiger partial charge in [-0.1, -0.05) is 27.7 Å². The number of nitrogens with zero attached hydrogens (tertiary/aromatic N) is 2. The molecule has 1 unspecified atom stereocenters. The third-order valence-electron chi connectivity index (χ3n) is 3.11. The lowest BCUT2D eigenvalue weighted by atomic mass is 10.1. The minimum absolute atomic E-state index is 0.416. The normalized spacial score (nSPS) is 13.4. The summed E-state index contributed by atoms with van der Waals surface area (Å²) in [5.74, 6) is 0.573. The summed E-state index contributed by atoms with van der Waals surface area (Å²) < 4.78 is 5.50. The number of aromatic nitrogens is 1. The molecule has 1 atom stereocenters. The van der Waals surface area contributed by atoms with Crippen LogP contribution in [0.3, 0.4) is 0 Å². The van der Waals surface area contributed by atoms with Gasteiger partial charge in [0, 0.05) is 25.7 Å². The van der Waals surface area contributed by atoms with Crippen LogP contribution in [-0.4, -0.2) is 24.1 Å². The van der Waals surface area contributed by atoms with Crippen LogP contribution in [0.25, 0.3) is 0 Å². The average molecular weight is 239 g/mol. The van der Waals surface area contributed by atoms with Crippen molar-refractivity contribution < 1.29 is 4.42 Å². The highest BCUT2D eigenvalue weighted by molar-refractivity contribution is 5.27. The molecule has 0 fully saturated rings. The van der Waals surface area contributed by atoms with Crippen molar-refractivity contribution in [2.24, 2.45) is 5.92 Å². The Labute approximate surface area is 104 Å². The van der Waals surface area contributed by atoms with Crippen LogP contribution in [0.2, 0.25) is 0 Å². The number of rotatable bonds is 6. The van der Waals surface area contributed by atoms with Crippen LogP contribution >= 0.6 is 0 Å².